The molecule has 0 radical (unpaired) electrons. The highest BCUT2D eigenvalue weighted by Gasteiger charge is 2.42. The van der Waals surface area contributed by atoms with E-state index < -0.39 is 0 Å². The summed E-state index contributed by atoms with van der Waals surface area (Å²) >= 11 is 0. The Hall–Kier alpha value is -2.66. The molecular weight excluding hydrogens is 340 g/mol. The molecule has 2 amide bonds. The normalized spacial score (nSPS) is 18.0. The van der Waals surface area contributed by atoms with E-state index in [1.165, 1.54) is 10.5 Å². The van der Waals surface area contributed by atoms with E-state index in [2.05, 4.69) is 19.1 Å². The lowest BCUT2D eigenvalue weighted by Gasteiger charge is -2.17. The summed E-state index contributed by atoms with van der Waals surface area (Å²) in [6.45, 7) is 4.79. The van der Waals surface area contributed by atoms with E-state index in [0.717, 1.165) is 18.6 Å². The molecule has 2 aromatic carbocycles. The monoisotopic (exact) mass is 367 g/mol. The van der Waals surface area contributed by atoms with E-state index in [9.17, 15) is 9.59 Å². The minimum atomic E-state index is -0.354. The van der Waals surface area contributed by atoms with Crippen molar-refractivity contribution in [3.63, 3.8) is 0 Å². The van der Waals surface area contributed by atoms with E-state index in [4.69, 9.17) is 4.74 Å². The number of hydrogen-bond acceptors (Lipinski definition) is 3. The van der Waals surface area contributed by atoms with Crippen LogP contribution in [0.4, 0.5) is 5.69 Å². The first-order valence-corrected chi connectivity index (χ1v) is 9.57. The smallest absolute Gasteiger partial charge is 0.292 e. The maximum Gasteiger partial charge on any atom is 0.292 e. The Kier molecular flexibility index (Phi) is 6.24. The Morgan fingerprint density at radius 2 is 1.81 bits per heavy atom. The first-order chi connectivity index (χ1) is 13.1. The first kappa shape index (κ1) is 19.1. The molecule has 0 unspecified atom stereocenters. The first-order valence-electron chi connectivity index (χ1n) is 9.57. The van der Waals surface area contributed by atoms with Crippen LogP contribution in [0.5, 0.6) is 5.75 Å². The van der Waals surface area contributed by atoms with Gasteiger partial charge in [0.15, 0.2) is 6.04 Å². The van der Waals surface area contributed by atoms with Crippen LogP contribution in [0.3, 0.4) is 0 Å². The van der Waals surface area contributed by atoms with E-state index in [1.807, 2.05) is 30.4 Å². The number of imide groups is 1. The molecule has 2 atom stereocenters. The van der Waals surface area contributed by atoms with Gasteiger partial charge in [-0.1, -0.05) is 37.3 Å². The maximum absolute atomic E-state index is 12.8. The molecule has 0 saturated carbocycles. The zero-order valence-electron chi connectivity index (χ0n) is 15.9. The molecule has 0 spiro atoms. The maximum atomic E-state index is 12.8. The third-order valence-electron chi connectivity index (χ3n) is 4.71. The number of rotatable bonds is 8. The molecule has 5 nitrogen and oxygen atoms in total. The largest absolute Gasteiger partial charge is 0.494 e. The highest BCUT2D eigenvalue weighted by atomic mass is 16.5. The second kappa shape index (κ2) is 8.82. The fourth-order valence-electron chi connectivity index (χ4n) is 3.44. The molecule has 1 aliphatic rings. The standard InChI is InChI=1S/C22H26N2O3/c1-3-13-27-19-11-9-18(10-12-19)24-21(25)15-20(22(24)26)23-16(2)14-17-7-5-4-6-8-17/h4-12,16,20,23H,3,13-15H2,1-2H3/p+1/t16-,20+/m1/s1. The lowest BCUT2D eigenvalue weighted by molar-refractivity contribution is -0.704. The van der Waals surface area contributed by atoms with E-state index in [0.29, 0.717) is 12.3 Å². The third-order valence-corrected chi connectivity index (χ3v) is 4.71. The molecule has 0 aromatic heterocycles. The van der Waals surface area contributed by atoms with Crippen molar-refractivity contribution in [1.82, 2.24) is 0 Å². The molecule has 0 bridgehead atoms. The number of anilines is 1. The highest BCUT2D eigenvalue weighted by Crippen LogP contribution is 2.24. The SMILES string of the molecule is CCCOc1ccc(N2C(=O)C[C@H]([NH2+][C@H](C)Cc3ccccc3)C2=O)cc1. The molecule has 27 heavy (non-hydrogen) atoms. The number of ether oxygens (including phenoxy) is 1. The summed E-state index contributed by atoms with van der Waals surface area (Å²) < 4.78 is 5.56. The zero-order chi connectivity index (χ0) is 19.2. The van der Waals surface area contributed by atoms with Gasteiger partial charge in [-0.2, -0.15) is 0 Å². The van der Waals surface area contributed by atoms with Crippen molar-refractivity contribution in [2.24, 2.45) is 0 Å². The fourth-order valence-corrected chi connectivity index (χ4v) is 3.44. The Balaban J connectivity index is 1.62. The number of amides is 2. The molecule has 1 aliphatic heterocycles. The topological polar surface area (TPSA) is 63.2 Å². The second-order valence-electron chi connectivity index (χ2n) is 7.08. The quantitative estimate of drug-likeness (QED) is 0.728. The molecule has 1 fully saturated rings. The second-order valence-corrected chi connectivity index (χ2v) is 7.08. The molecular formula is C22H27N2O3+. The van der Waals surface area contributed by atoms with E-state index in [-0.39, 0.29) is 30.3 Å². The van der Waals surface area contributed by atoms with Crippen molar-refractivity contribution in [2.45, 2.75) is 45.2 Å². The van der Waals surface area contributed by atoms with Crippen LogP contribution in [0.15, 0.2) is 54.6 Å². The zero-order valence-corrected chi connectivity index (χ0v) is 15.9. The van der Waals surface area contributed by atoms with Crippen molar-refractivity contribution in [3.8, 4) is 5.75 Å². The fraction of sp³-hybridized carbons (Fsp3) is 0.364. The van der Waals surface area contributed by atoms with E-state index in [1.54, 1.807) is 24.3 Å². The summed E-state index contributed by atoms with van der Waals surface area (Å²) in [4.78, 5) is 26.6. The van der Waals surface area contributed by atoms with Gasteiger partial charge in [-0.05, 0) is 43.2 Å². The molecule has 5 heteroatoms. The van der Waals surface area contributed by atoms with Crippen LogP contribution in [0.2, 0.25) is 0 Å². The van der Waals surface area contributed by atoms with Crippen LogP contribution < -0.4 is 15.0 Å². The number of carbonyl (C=O) groups is 2. The predicted molar refractivity (Wildman–Crippen MR) is 105 cm³/mol. The average Bonchev–Trinajstić information content (AvgIpc) is 2.94. The summed E-state index contributed by atoms with van der Waals surface area (Å²) in [6, 6.07) is 17.2. The summed E-state index contributed by atoms with van der Waals surface area (Å²) in [7, 11) is 0. The molecule has 2 aromatic rings. The molecule has 3 rings (SSSR count). The van der Waals surface area contributed by atoms with Crippen molar-refractivity contribution >= 4 is 17.5 Å². The van der Waals surface area contributed by atoms with Crippen LogP contribution in [0.1, 0.15) is 32.3 Å². The van der Waals surface area contributed by atoms with Crippen LogP contribution in [0.25, 0.3) is 0 Å². The molecule has 1 heterocycles. The molecule has 1 saturated heterocycles. The van der Waals surface area contributed by atoms with Crippen LogP contribution in [-0.2, 0) is 16.0 Å². The Morgan fingerprint density at radius 1 is 1.11 bits per heavy atom. The minimum Gasteiger partial charge on any atom is -0.494 e. The van der Waals surface area contributed by atoms with Gasteiger partial charge >= 0.3 is 0 Å². The van der Waals surface area contributed by atoms with Gasteiger partial charge in [0.1, 0.15) is 5.75 Å². The Morgan fingerprint density at radius 3 is 2.48 bits per heavy atom. The number of quaternary nitrogens is 1. The molecule has 142 valence electrons. The average molecular weight is 367 g/mol. The third kappa shape index (κ3) is 4.74. The lowest BCUT2D eigenvalue weighted by atomic mass is 10.1. The summed E-state index contributed by atoms with van der Waals surface area (Å²) in [6.07, 6.45) is 2.04. The highest BCUT2D eigenvalue weighted by molar-refractivity contribution is 6.21. The van der Waals surface area contributed by atoms with Gasteiger partial charge in [0.25, 0.3) is 5.91 Å². The van der Waals surface area contributed by atoms with Crippen LogP contribution in [0, 0.1) is 0 Å². The summed E-state index contributed by atoms with van der Waals surface area (Å²) in [5, 5.41) is 2.02. The van der Waals surface area contributed by atoms with Crippen molar-refractivity contribution in [3.05, 3.63) is 60.2 Å². The number of nitrogens with two attached hydrogens (primary N) is 1. The number of carbonyl (C=O) groups excluding carboxylic acids is 2. The van der Waals surface area contributed by atoms with Crippen LogP contribution in [-0.4, -0.2) is 30.5 Å². The summed E-state index contributed by atoms with van der Waals surface area (Å²) in [5.74, 6) is 0.469. The van der Waals surface area contributed by atoms with Gasteiger partial charge < -0.3 is 10.1 Å². The van der Waals surface area contributed by atoms with Gasteiger partial charge in [0.2, 0.25) is 5.91 Å². The van der Waals surface area contributed by atoms with Gasteiger partial charge in [-0.15, -0.1) is 0 Å². The van der Waals surface area contributed by atoms with Gasteiger partial charge in [0, 0.05) is 6.42 Å². The van der Waals surface area contributed by atoms with Gasteiger partial charge in [0.05, 0.1) is 24.8 Å². The van der Waals surface area contributed by atoms with Crippen molar-refractivity contribution in [2.75, 3.05) is 11.5 Å². The molecule has 0 aliphatic carbocycles. The summed E-state index contributed by atoms with van der Waals surface area (Å²) in [5.41, 5.74) is 1.85. The minimum absolute atomic E-state index is 0.137. The number of nitrogens with zero attached hydrogens (tertiary/aromatic N) is 1. The Labute approximate surface area is 160 Å². The van der Waals surface area contributed by atoms with Crippen molar-refractivity contribution in [1.29, 1.82) is 0 Å². The number of benzene rings is 2. The van der Waals surface area contributed by atoms with Crippen LogP contribution >= 0.6 is 0 Å². The van der Waals surface area contributed by atoms with E-state index >= 15 is 0 Å². The predicted octanol–water partition coefficient (Wildman–Crippen LogP) is 2.30. The van der Waals surface area contributed by atoms with Crippen molar-refractivity contribution < 1.29 is 19.6 Å². The lowest BCUT2D eigenvalue weighted by Crippen LogP contribution is -2.96. The number of hydrogen-bond donors (Lipinski definition) is 1. The Bertz CT molecular complexity index is 774. The van der Waals surface area contributed by atoms with Gasteiger partial charge in [-0.25, -0.2) is 4.90 Å². The van der Waals surface area contributed by atoms with Gasteiger partial charge in [-0.3, -0.25) is 9.59 Å². The molecule has 2 N–H and O–H groups in total.